The summed E-state index contributed by atoms with van der Waals surface area (Å²) in [5.41, 5.74) is 1.53. The number of furan rings is 1. The van der Waals surface area contributed by atoms with Crippen molar-refractivity contribution in [3.05, 3.63) is 76.0 Å². The maximum absolute atomic E-state index is 12.7. The summed E-state index contributed by atoms with van der Waals surface area (Å²) in [7, 11) is 0. The van der Waals surface area contributed by atoms with Gasteiger partial charge in [0.2, 0.25) is 0 Å². The first-order valence-electron chi connectivity index (χ1n) is 11.1. The summed E-state index contributed by atoms with van der Waals surface area (Å²) in [6, 6.07) is 16.1. The molecular formula is C25H29N3O3. The molecule has 0 radical (unpaired) electrons. The number of nitrogens with zero attached hydrogens (tertiary/aromatic N) is 3. The van der Waals surface area contributed by atoms with Crippen LogP contribution in [0.2, 0.25) is 0 Å². The van der Waals surface area contributed by atoms with Crippen molar-refractivity contribution in [2.24, 2.45) is 0 Å². The molecule has 162 valence electrons. The van der Waals surface area contributed by atoms with Gasteiger partial charge in [-0.3, -0.25) is 9.69 Å². The lowest BCUT2D eigenvalue weighted by Crippen LogP contribution is -2.53. The fraction of sp³-hybridized carbons (Fsp3) is 0.440. The van der Waals surface area contributed by atoms with Crippen molar-refractivity contribution in [3.8, 4) is 11.3 Å². The summed E-state index contributed by atoms with van der Waals surface area (Å²) < 4.78 is 7.24. The Bertz CT molecular complexity index is 1120. The van der Waals surface area contributed by atoms with Crippen molar-refractivity contribution in [3.63, 3.8) is 0 Å². The smallest absolute Gasteiger partial charge is 0.267 e. The molecule has 0 amide bonds. The van der Waals surface area contributed by atoms with E-state index in [0.717, 1.165) is 47.7 Å². The molecule has 31 heavy (non-hydrogen) atoms. The first kappa shape index (κ1) is 20.2. The molecule has 1 N–H and O–H groups in total. The monoisotopic (exact) mass is 419 g/mol. The largest absolute Gasteiger partial charge is 0.465 e. The molecule has 0 aliphatic carbocycles. The van der Waals surface area contributed by atoms with Gasteiger partial charge in [-0.15, -0.1) is 0 Å². The molecule has 6 nitrogen and oxygen atoms in total. The van der Waals surface area contributed by atoms with Gasteiger partial charge in [0, 0.05) is 23.7 Å². The SMILES string of the molecule is Cc1ccc(CN2C3CCC2CC(O)(Cn2nc(-c4ccccc4)c(C)cc2=O)C3)o1. The molecule has 5 rings (SSSR count). The van der Waals surface area contributed by atoms with Crippen LogP contribution >= 0.6 is 0 Å². The Kier molecular flexibility index (Phi) is 5.07. The Hall–Kier alpha value is -2.70. The molecule has 1 aromatic carbocycles. The highest BCUT2D eigenvalue weighted by molar-refractivity contribution is 5.61. The number of fused-ring (bicyclic) bond motifs is 2. The summed E-state index contributed by atoms with van der Waals surface area (Å²) in [5.74, 6) is 1.90. The van der Waals surface area contributed by atoms with E-state index in [1.807, 2.05) is 56.3 Å². The van der Waals surface area contributed by atoms with Gasteiger partial charge in [0.25, 0.3) is 5.56 Å². The lowest BCUT2D eigenvalue weighted by Gasteiger charge is -2.43. The van der Waals surface area contributed by atoms with E-state index in [2.05, 4.69) is 10.00 Å². The number of hydrogen-bond donors (Lipinski definition) is 1. The lowest BCUT2D eigenvalue weighted by atomic mass is 9.86. The molecule has 4 heterocycles. The molecule has 2 aliphatic rings. The number of piperidine rings is 1. The highest BCUT2D eigenvalue weighted by atomic mass is 16.3. The average molecular weight is 420 g/mol. The van der Waals surface area contributed by atoms with Gasteiger partial charge in [-0.2, -0.15) is 5.10 Å². The average Bonchev–Trinajstić information content (AvgIpc) is 3.25. The van der Waals surface area contributed by atoms with Crippen LogP contribution in [-0.2, 0) is 13.1 Å². The van der Waals surface area contributed by atoms with Crippen molar-refractivity contribution in [2.75, 3.05) is 0 Å². The van der Waals surface area contributed by atoms with Crippen LogP contribution in [0.15, 0.2) is 57.7 Å². The summed E-state index contributed by atoms with van der Waals surface area (Å²) in [6.07, 6.45) is 3.42. The second-order valence-corrected chi connectivity index (χ2v) is 9.24. The van der Waals surface area contributed by atoms with E-state index in [1.165, 1.54) is 4.68 Å². The molecule has 3 aromatic rings. The minimum Gasteiger partial charge on any atom is -0.465 e. The van der Waals surface area contributed by atoms with E-state index in [9.17, 15) is 9.90 Å². The minimum absolute atomic E-state index is 0.161. The van der Waals surface area contributed by atoms with Crippen molar-refractivity contribution in [1.29, 1.82) is 0 Å². The van der Waals surface area contributed by atoms with Gasteiger partial charge in [0.15, 0.2) is 0 Å². The van der Waals surface area contributed by atoms with Gasteiger partial charge in [0.1, 0.15) is 11.5 Å². The maximum atomic E-state index is 12.7. The molecule has 2 aromatic heterocycles. The van der Waals surface area contributed by atoms with Gasteiger partial charge >= 0.3 is 0 Å². The summed E-state index contributed by atoms with van der Waals surface area (Å²) >= 11 is 0. The van der Waals surface area contributed by atoms with Crippen molar-refractivity contribution >= 4 is 0 Å². The third kappa shape index (κ3) is 3.98. The quantitative estimate of drug-likeness (QED) is 0.683. The van der Waals surface area contributed by atoms with Crippen molar-refractivity contribution < 1.29 is 9.52 Å². The maximum Gasteiger partial charge on any atom is 0.267 e. The fourth-order valence-electron chi connectivity index (χ4n) is 5.40. The van der Waals surface area contributed by atoms with Gasteiger partial charge < -0.3 is 9.52 Å². The van der Waals surface area contributed by atoms with Crippen LogP contribution in [0.3, 0.4) is 0 Å². The molecule has 2 aliphatic heterocycles. The number of aromatic nitrogens is 2. The van der Waals surface area contributed by atoms with Crippen LogP contribution in [0.5, 0.6) is 0 Å². The number of benzene rings is 1. The predicted octanol–water partition coefficient (Wildman–Crippen LogP) is 3.68. The number of aliphatic hydroxyl groups is 1. The Morgan fingerprint density at radius 3 is 2.45 bits per heavy atom. The van der Waals surface area contributed by atoms with Crippen LogP contribution < -0.4 is 5.56 Å². The second-order valence-electron chi connectivity index (χ2n) is 9.24. The zero-order valence-electron chi connectivity index (χ0n) is 18.1. The normalized spacial score (nSPS) is 25.8. The molecule has 6 heteroatoms. The van der Waals surface area contributed by atoms with Gasteiger partial charge in [-0.25, -0.2) is 4.68 Å². The second kappa shape index (κ2) is 7.77. The van der Waals surface area contributed by atoms with Gasteiger partial charge in [-0.05, 0) is 57.2 Å². The van der Waals surface area contributed by atoms with E-state index in [-0.39, 0.29) is 12.1 Å². The predicted molar refractivity (Wildman–Crippen MR) is 119 cm³/mol. The standard InChI is InChI=1S/C25H29N3O3/c1-17-12-23(29)28(26-24(17)19-6-4-3-5-7-19)16-25(30)13-20-9-10-21(14-25)27(20)15-22-11-8-18(2)31-22/h3-8,11-12,20-21,30H,9-10,13-16H2,1-2H3. The number of aryl methyl sites for hydroxylation is 2. The molecule has 2 bridgehead atoms. The zero-order chi connectivity index (χ0) is 21.6. The first-order chi connectivity index (χ1) is 14.9. The van der Waals surface area contributed by atoms with Crippen molar-refractivity contribution in [2.45, 2.75) is 70.3 Å². The summed E-state index contributed by atoms with van der Waals surface area (Å²) in [4.78, 5) is 15.2. The van der Waals surface area contributed by atoms with Crippen LogP contribution in [0, 0.1) is 13.8 Å². The minimum atomic E-state index is -0.929. The number of hydrogen-bond acceptors (Lipinski definition) is 5. The van der Waals surface area contributed by atoms with E-state index in [1.54, 1.807) is 6.07 Å². The Balaban J connectivity index is 1.37. The summed E-state index contributed by atoms with van der Waals surface area (Å²) in [6.45, 7) is 4.88. The fourth-order valence-corrected chi connectivity index (χ4v) is 5.40. The van der Waals surface area contributed by atoms with Crippen LogP contribution in [0.4, 0.5) is 0 Å². The molecular weight excluding hydrogens is 390 g/mol. The molecule has 2 atom stereocenters. The van der Waals surface area contributed by atoms with Crippen molar-refractivity contribution in [1.82, 2.24) is 14.7 Å². The van der Waals surface area contributed by atoms with Crippen LogP contribution in [-0.4, -0.2) is 37.5 Å². The Labute approximate surface area is 182 Å². The Morgan fingerprint density at radius 2 is 1.81 bits per heavy atom. The Morgan fingerprint density at radius 1 is 1.10 bits per heavy atom. The van der Waals surface area contributed by atoms with E-state index in [4.69, 9.17) is 4.42 Å². The third-order valence-corrected chi connectivity index (χ3v) is 6.82. The zero-order valence-corrected chi connectivity index (χ0v) is 18.1. The van der Waals surface area contributed by atoms with E-state index >= 15 is 0 Å². The molecule has 2 fully saturated rings. The van der Waals surface area contributed by atoms with Gasteiger partial charge in [-0.1, -0.05) is 30.3 Å². The van der Waals surface area contributed by atoms with Crippen LogP contribution in [0.1, 0.15) is 42.8 Å². The molecule has 2 saturated heterocycles. The van der Waals surface area contributed by atoms with E-state index in [0.29, 0.717) is 24.9 Å². The molecule has 0 spiro atoms. The molecule has 0 saturated carbocycles. The van der Waals surface area contributed by atoms with Crippen LogP contribution in [0.25, 0.3) is 11.3 Å². The number of rotatable bonds is 5. The lowest BCUT2D eigenvalue weighted by molar-refractivity contribution is -0.0690. The summed E-state index contributed by atoms with van der Waals surface area (Å²) in [5, 5.41) is 16.2. The first-order valence-corrected chi connectivity index (χ1v) is 11.1. The highest BCUT2D eigenvalue weighted by Crippen LogP contribution is 2.42. The third-order valence-electron chi connectivity index (χ3n) is 6.82. The van der Waals surface area contributed by atoms with Gasteiger partial charge in [0.05, 0.1) is 24.4 Å². The topological polar surface area (TPSA) is 71.5 Å². The van der Waals surface area contributed by atoms with E-state index < -0.39 is 5.60 Å². The highest BCUT2D eigenvalue weighted by Gasteiger charge is 2.48. The molecule has 2 unspecified atom stereocenters.